The lowest BCUT2D eigenvalue weighted by molar-refractivity contribution is 0.761. The van der Waals surface area contributed by atoms with Gasteiger partial charge in [0, 0.05) is 54.1 Å². The van der Waals surface area contributed by atoms with Crippen LogP contribution in [0.15, 0.2) is 54.7 Å². The predicted molar refractivity (Wildman–Crippen MR) is 116 cm³/mol. The van der Waals surface area contributed by atoms with E-state index in [0.717, 1.165) is 57.5 Å². The zero-order valence-corrected chi connectivity index (χ0v) is 17.1. The summed E-state index contributed by atoms with van der Waals surface area (Å²) in [4.78, 5) is 11.2. The molecule has 0 N–H and O–H groups in total. The van der Waals surface area contributed by atoms with Gasteiger partial charge in [0.1, 0.15) is 5.82 Å². The summed E-state index contributed by atoms with van der Waals surface area (Å²) in [5, 5.41) is 4.98. The number of hydrogen-bond donors (Lipinski definition) is 0. The zero-order chi connectivity index (χ0) is 20.1. The van der Waals surface area contributed by atoms with Crippen LogP contribution >= 0.6 is 0 Å². The minimum atomic E-state index is 0.862. The normalized spacial score (nSPS) is 12.6. The molecule has 5 rings (SSSR count). The Morgan fingerprint density at radius 1 is 0.897 bits per heavy atom. The van der Waals surface area contributed by atoms with E-state index in [1.165, 1.54) is 5.56 Å². The van der Waals surface area contributed by atoms with Gasteiger partial charge in [-0.3, -0.25) is 9.97 Å². The van der Waals surface area contributed by atoms with Crippen molar-refractivity contribution < 1.29 is 0 Å². The molecule has 0 radical (unpaired) electrons. The van der Waals surface area contributed by atoms with Gasteiger partial charge in [0.05, 0.1) is 11.4 Å². The molecule has 5 nitrogen and oxygen atoms in total. The third-order valence-corrected chi connectivity index (χ3v) is 5.50. The van der Waals surface area contributed by atoms with E-state index >= 15 is 0 Å². The lowest BCUT2D eigenvalue weighted by Gasteiger charge is -2.28. The van der Waals surface area contributed by atoms with Crippen molar-refractivity contribution >= 4 is 5.82 Å². The highest BCUT2D eigenvalue weighted by atomic mass is 15.4. The van der Waals surface area contributed by atoms with Gasteiger partial charge >= 0.3 is 0 Å². The summed E-state index contributed by atoms with van der Waals surface area (Å²) in [5.41, 5.74) is 9.84. The average Bonchev–Trinajstić information content (AvgIpc) is 3.14. The van der Waals surface area contributed by atoms with Crippen molar-refractivity contribution in [2.45, 2.75) is 27.3 Å². The molecule has 0 spiro atoms. The van der Waals surface area contributed by atoms with E-state index in [1.807, 2.05) is 33.0 Å². The highest BCUT2D eigenvalue weighted by Gasteiger charge is 2.23. The molecule has 1 aliphatic rings. The summed E-state index contributed by atoms with van der Waals surface area (Å²) < 4.78 is 2.06. The first-order valence-electron chi connectivity index (χ1n) is 9.82. The number of anilines is 1. The largest absolute Gasteiger partial charge is 0.355 e. The maximum absolute atomic E-state index is 4.98. The number of aryl methyl sites for hydroxylation is 3. The first kappa shape index (κ1) is 17.6. The van der Waals surface area contributed by atoms with Gasteiger partial charge < -0.3 is 4.90 Å². The second-order valence-electron chi connectivity index (χ2n) is 7.77. The van der Waals surface area contributed by atoms with Gasteiger partial charge in [-0.05, 0) is 56.2 Å². The summed E-state index contributed by atoms with van der Waals surface area (Å²) in [5.74, 6) is 1.10. The molecule has 0 unspecified atom stereocenters. The van der Waals surface area contributed by atoms with Gasteiger partial charge in [0.25, 0.3) is 0 Å². The van der Waals surface area contributed by atoms with Crippen LogP contribution in [0.3, 0.4) is 0 Å². The van der Waals surface area contributed by atoms with Crippen LogP contribution in [0, 0.1) is 20.8 Å². The SMILES string of the molecule is Cc1cc(-c2cc3n(n2)-c2cc(-c4cccnc4C)ccc2CN3C)cc(C)n1. The number of aromatic nitrogens is 4. The maximum atomic E-state index is 4.98. The van der Waals surface area contributed by atoms with E-state index in [-0.39, 0.29) is 0 Å². The molecular weight excluding hydrogens is 358 g/mol. The van der Waals surface area contributed by atoms with Crippen LogP contribution in [0.5, 0.6) is 0 Å². The minimum Gasteiger partial charge on any atom is -0.355 e. The van der Waals surface area contributed by atoms with Gasteiger partial charge in [0.15, 0.2) is 0 Å². The van der Waals surface area contributed by atoms with Crippen molar-refractivity contribution in [2.75, 3.05) is 11.9 Å². The lowest BCUT2D eigenvalue weighted by Crippen LogP contribution is -2.25. The molecule has 4 heterocycles. The Balaban J connectivity index is 1.66. The Kier molecular flexibility index (Phi) is 3.98. The van der Waals surface area contributed by atoms with Crippen LogP contribution < -0.4 is 4.90 Å². The second-order valence-corrected chi connectivity index (χ2v) is 7.77. The summed E-state index contributed by atoms with van der Waals surface area (Å²) >= 11 is 0. The summed E-state index contributed by atoms with van der Waals surface area (Å²) in [6, 6.07) is 17.1. The van der Waals surface area contributed by atoms with Crippen LogP contribution in [0.1, 0.15) is 22.6 Å². The predicted octanol–water partition coefficient (Wildman–Crippen LogP) is 4.87. The fraction of sp³-hybridized carbons (Fsp3) is 0.208. The van der Waals surface area contributed by atoms with Crippen LogP contribution in [-0.2, 0) is 6.54 Å². The molecule has 0 fully saturated rings. The molecule has 29 heavy (non-hydrogen) atoms. The molecule has 0 saturated heterocycles. The molecule has 0 bridgehead atoms. The van der Waals surface area contributed by atoms with Crippen LogP contribution in [0.25, 0.3) is 28.1 Å². The smallest absolute Gasteiger partial charge is 0.133 e. The van der Waals surface area contributed by atoms with Crippen molar-refractivity contribution in [1.29, 1.82) is 0 Å². The van der Waals surface area contributed by atoms with E-state index in [1.54, 1.807) is 0 Å². The number of fused-ring (bicyclic) bond motifs is 3. The number of benzene rings is 1. The van der Waals surface area contributed by atoms with Crippen LogP contribution in [0.4, 0.5) is 5.82 Å². The molecule has 1 aliphatic heterocycles. The zero-order valence-electron chi connectivity index (χ0n) is 17.1. The Hall–Kier alpha value is -3.47. The minimum absolute atomic E-state index is 0.862. The van der Waals surface area contributed by atoms with E-state index < -0.39 is 0 Å². The van der Waals surface area contributed by atoms with Crippen LogP contribution in [0.2, 0.25) is 0 Å². The molecule has 1 aromatic carbocycles. The van der Waals surface area contributed by atoms with Crippen molar-refractivity contribution in [3.05, 3.63) is 77.4 Å². The lowest BCUT2D eigenvalue weighted by atomic mass is 10.0. The van der Waals surface area contributed by atoms with Crippen molar-refractivity contribution in [1.82, 2.24) is 19.7 Å². The van der Waals surface area contributed by atoms with Crippen LogP contribution in [-0.4, -0.2) is 26.8 Å². The maximum Gasteiger partial charge on any atom is 0.133 e. The summed E-state index contributed by atoms with van der Waals surface area (Å²) in [6.45, 7) is 6.96. The molecule has 3 aromatic heterocycles. The van der Waals surface area contributed by atoms with Crippen molar-refractivity contribution in [2.24, 2.45) is 0 Å². The van der Waals surface area contributed by atoms with Gasteiger partial charge in [-0.15, -0.1) is 0 Å². The molecule has 5 heteroatoms. The molecule has 0 atom stereocenters. The molecule has 144 valence electrons. The molecule has 0 amide bonds. The first-order chi connectivity index (χ1) is 14.0. The highest BCUT2D eigenvalue weighted by Crippen LogP contribution is 2.35. The highest BCUT2D eigenvalue weighted by molar-refractivity contribution is 5.73. The van der Waals surface area contributed by atoms with E-state index in [4.69, 9.17) is 5.10 Å². The topological polar surface area (TPSA) is 46.8 Å². The Morgan fingerprint density at radius 3 is 2.45 bits per heavy atom. The number of hydrogen-bond acceptors (Lipinski definition) is 4. The molecule has 4 aromatic rings. The molecule has 0 saturated carbocycles. The number of pyridine rings is 2. The monoisotopic (exact) mass is 381 g/mol. The van der Waals surface area contributed by atoms with Gasteiger partial charge in [-0.2, -0.15) is 5.10 Å². The molecule has 0 aliphatic carbocycles. The van der Waals surface area contributed by atoms with Crippen molar-refractivity contribution in [3.63, 3.8) is 0 Å². The van der Waals surface area contributed by atoms with E-state index in [2.05, 4.69) is 69.1 Å². The van der Waals surface area contributed by atoms with Gasteiger partial charge in [0.2, 0.25) is 0 Å². The standard InChI is InChI=1S/C24H23N5/c1-15-10-20(11-16(2)26-15)22-13-24-28(4)14-19-8-7-18(12-23(19)29(24)27-22)21-6-5-9-25-17(21)3/h5-13H,14H2,1-4H3. The third-order valence-electron chi connectivity index (χ3n) is 5.50. The Morgan fingerprint density at radius 2 is 1.69 bits per heavy atom. The van der Waals surface area contributed by atoms with Crippen molar-refractivity contribution in [3.8, 4) is 28.1 Å². The Bertz CT molecular complexity index is 1220. The fourth-order valence-corrected chi connectivity index (χ4v) is 4.13. The Labute approximate surface area is 170 Å². The van der Waals surface area contributed by atoms with E-state index in [9.17, 15) is 0 Å². The summed E-state index contributed by atoms with van der Waals surface area (Å²) in [7, 11) is 2.11. The fourth-order valence-electron chi connectivity index (χ4n) is 4.13. The second kappa shape index (κ2) is 6.55. The van der Waals surface area contributed by atoms with Gasteiger partial charge in [-0.25, -0.2) is 4.68 Å². The summed E-state index contributed by atoms with van der Waals surface area (Å²) in [6.07, 6.45) is 1.84. The number of rotatable bonds is 2. The third kappa shape index (κ3) is 2.99. The first-order valence-corrected chi connectivity index (χ1v) is 9.82. The quantitative estimate of drug-likeness (QED) is 0.497. The average molecular weight is 381 g/mol. The number of nitrogens with zero attached hydrogens (tertiary/aromatic N) is 5. The van der Waals surface area contributed by atoms with E-state index in [0.29, 0.717) is 0 Å². The van der Waals surface area contributed by atoms with Gasteiger partial charge in [-0.1, -0.05) is 18.2 Å². The molecular formula is C24H23N5.